The van der Waals surface area contributed by atoms with Crippen molar-refractivity contribution in [1.82, 2.24) is 10.3 Å². The number of nitrogens with one attached hydrogen (secondary N) is 1. The third kappa shape index (κ3) is 4.31. The zero-order valence-corrected chi connectivity index (χ0v) is 12.1. The van der Waals surface area contributed by atoms with Gasteiger partial charge in [0.1, 0.15) is 5.69 Å². The number of pyridine rings is 1. The molecule has 0 aliphatic rings. The normalized spacial score (nSPS) is 13.8. The van der Waals surface area contributed by atoms with Gasteiger partial charge in [0.05, 0.1) is 11.1 Å². The van der Waals surface area contributed by atoms with E-state index in [1.165, 1.54) is 18.3 Å². The molecule has 1 unspecified atom stereocenters. The zero-order chi connectivity index (χ0) is 15.3. The van der Waals surface area contributed by atoms with Gasteiger partial charge in [-0.15, -0.1) is 0 Å². The molecule has 0 aromatic carbocycles. The van der Waals surface area contributed by atoms with Crippen LogP contribution in [0, 0.1) is 5.92 Å². The van der Waals surface area contributed by atoms with Gasteiger partial charge in [0, 0.05) is 12.7 Å². The molecule has 1 heterocycles. The summed E-state index contributed by atoms with van der Waals surface area (Å²) in [6, 6.07) is 2.95. The summed E-state index contributed by atoms with van der Waals surface area (Å²) in [6.45, 7) is 6.39. The van der Waals surface area contributed by atoms with Gasteiger partial charge in [-0.1, -0.05) is 13.8 Å². The van der Waals surface area contributed by atoms with E-state index in [-0.39, 0.29) is 17.2 Å². The molecule has 6 heteroatoms. The van der Waals surface area contributed by atoms with Crippen LogP contribution in [0.15, 0.2) is 18.3 Å². The van der Waals surface area contributed by atoms with Gasteiger partial charge in [0.25, 0.3) is 5.91 Å². The molecule has 2 amide bonds. The number of nitrogens with two attached hydrogens (primary N) is 2. The predicted molar refractivity (Wildman–Crippen MR) is 77.1 cm³/mol. The van der Waals surface area contributed by atoms with Gasteiger partial charge in [-0.25, -0.2) is 0 Å². The van der Waals surface area contributed by atoms with Gasteiger partial charge in [0.15, 0.2) is 0 Å². The highest BCUT2D eigenvalue weighted by atomic mass is 16.2. The average Bonchev–Trinajstić information content (AvgIpc) is 2.37. The lowest BCUT2D eigenvalue weighted by atomic mass is 9.90. The molecule has 20 heavy (non-hydrogen) atoms. The standard InChI is InChI=1S/C14H22N4O2/c1-9(2)6-14(3,8-15)18-13(20)11-5-4-10(7-17-11)12(16)19/h4-5,7,9H,6,8,15H2,1-3H3,(H2,16,19)(H,18,20). The molecule has 0 radical (unpaired) electrons. The van der Waals surface area contributed by atoms with Crippen LogP contribution in [0.1, 0.15) is 48.0 Å². The van der Waals surface area contributed by atoms with Crippen molar-refractivity contribution in [3.63, 3.8) is 0 Å². The third-order valence-corrected chi connectivity index (χ3v) is 3.01. The van der Waals surface area contributed by atoms with Gasteiger partial charge in [0.2, 0.25) is 5.91 Å². The summed E-state index contributed by atoms with van der Waals surface area (Å²) in [5, 5.41) is 2.90. The lowest BCUT2D eigenvalue weighted by Crippen LogP contribution is -2.52. The molecule has 1 rings (SSSR count). The molecule has 0 saturated heterocycles. The van der Waals surface area contributed by atoms with Gasteiger partial charge >= 0.3 is 0 Å². The van der Waals surface area contributed by atoms with Crippen LogP contribution >= 0.6 is 0 Å². The van der Waals surface area contributed by atoms with Crippen LogP contribution in [-0.2, 0) is 0 Å². The van der Waals surface area contributed by atoms with Crippen molar-refractivity contribution < 1.29 is 9.59 Å². The van der Waals surface area contributed by atoms with E-state index >= 15 is 0 Å². The first-order valence-corrected chi connectivity index (χ1v) is 6.56. The Morgan fingerprint density at radius 3 is 2.45 bits per heavy atom. The van der Waals surface area contributed by atoms with E-state index in [4.69, 9.17) is 11.5 Å². The first-order valence-electron chi connectivity index (χ1n) is 6.56. The van der Waals surface area contributed by atoms with Crippen LogP contribution in [0.4, 0.5) is 0 Å². The topological polar surface area (TPSA) is 111 Å². The molecule has 1 aromatic rings. The molecule has 0 aliphatic carbocycles. The molecule has 110 valence electrons. The molecular weight excluding hydrogens is 256 g/mol. The summed E-state index contributed by atoms with van der Waals surface area (Å²) in [7, 11) is 0. The maximum Gasteiger partial charge on any atom is 0.270 e. The number of carbonyl (C=O) groups is 2. The number of aromatic nitrogens is 1. The van der Waals surface area contributed by atoms with E-state index in [0.29, 0.717) is 12.5 Å². The summed E-state index contributed by atoms with van der Waals surface area (Å²) in [5.74, 6) is -0.472. The lowest BCUT2D eigenvalue weighted by molar-refractivity contribution is 0.0891. The number of carbonyl (C=O) groups excluding carboxylic acids is 2. The number of hydrogen-bond acceptors (Lipinski definition) is 4. The van der Waals surface area contributed by atoms with E-state index in [9.17, 15) is 9.59 Å². The number of primary amides is 1. The smallest absolute Gasteiger partial charge is 0.270 e. The Bertz CT molecular complexity index is 484. The second kappa shape index (κ2) is 6.47. The molecule has 6 nitrogen and oxygen atoms in total. The van der Waals surface area contributed by atoms with Crippen molar-refractivity contribution in [3.8, 4) is 0 Å². The second-order valence-corrected chi connectivity index (χ2v) is 5.61. The first kappa shape index (κ1) is 16.1. The predicted octanol–water partition coefficient (Wildman–Crippen LogP) is 0.674. The van der Waals surface area contributed by atoms with E-state index in [1.807, 2.05) is 6.92 Å². The van der Waals surface area contributed by atoms with Crippen LogP contribution in [0.25, 0.3) is 0 Å². The fourth-order valence-electron chi connectivity index (χ4n) is 2.10. The lowest BCUT2D eigenvalue weighted by Gasteiger charge is -2.31. The Balaban J connectivity index is 2.81. The highest BCUT2D eigenvalue weighted by molar-refractivity contribution is 5.95. The van der Waals surface area contributed by atoms with Crippen molar-refractivity contribution in [2.45, 2.75) is 32.7 Å². The van der Waals surface area contributed by atoms with Gasteiger partial charge < -0.3 is 16.8 Å². The summed E-state index contributed by atoms with van der Waals surface area (Å²) < 4.78 is 0. The number of hydrogen-bond donors (Lipinski definition) is 3. The molecular formula is C14H22N4O2. The minimum Gasteiger partial charge on any atom is -0.366 e. The molecule has 0 aliphatic heterocycles. The SMILES string of the molecule is CC(C)CC(C)(CN)NC(=O)c1ccc(C(N)=O)cn1. The summed E-state index contributed by atoms with van der Waals surface area (Å²) >= 11 is 0. The number of rotatable bonds is 6. The molecule has 1 atom stereocenters. The third-order valence-electron chi connectivity index (χ3n) is 3.01. The molecule has 5 N–H and O–H groups in total. The summed E-state index contributed by atoms with van der Waals surface area (Å²) in [5.41, 5.74) is 10.9. The molecule has 0 spiro atoms. The Morgan fingerprint density at radius 1 is 1.40 bits per heavy atom. The average molecular weight is 278 g/mol. The number of amides is 2. The summed E-state index contributed by atoms with van der Waals surface area (Å²) in [6.07, 6.45) is 2.06. The van der Waals surface area contributed by atoms with E-state index in [2.05, 4.69) is 24.1 Å². The van der Waals surface area contributed by atoms with Gasteiger partial charge in [-0.05, 0) is 31.4 Å². The molecule has 0 saturated carbocycles. The fraction of sp³-hybridized carbons (Fsp3) is 0.500. The highest BCUT2D eigenvalue weighted by Crippen LogP contribution is 2.16. The second-order valence-electron chi connectivity index (χ2n) is 5.61. The van der Waals surface area contributed by atoms with Crippen molar-refractivity contribution in [2.24, 2.45) is 17.4 Å². The van der Waals surface area contributed by atoms with Crippen LogP contribution in [-0.4, -0.2) is 28.9 Å². The Hall–Kier alpha value is -1.95. The Labute approximate surface area is 118 Å². The van der Waals surface area contributed by atoms with E-state index in [1.54, 1.807) is 0 Å². The fourth-order valence-corrected chi connectivity index (χ4v) is 2.10. The van der Waals surface area contributed by atoms with E-state index in [0.717, 1.165) is 6.42 Å². The van der Waals surface area contributed by atoms with Crippen LogP contribution in [0.3, 0.4) is 0 Å². The Kier molecular flexibility index (Phi) is 5.21. The minimum atomic E-state index is -0.573. The maximum atomic E-state index is 12.1. The van der Waals surface area contributed by atoms with Crippen molar-refractivity contribution in [2.75, 3.05) is 6.54 Å². The highest BCUT2D eigenvalue weighted by Gasteiger charge is 2.26. The van der Waals surface area contributed by atoms with Crippen molar-refractivity contribution >= 4 is 11.8 Å². The van der Waals surface area contributed by atoms with Crippen molar-refractivity contribution in [1.29, 1.82) is 0 Å². The molecule has 0 fully saturated rings. The quantitative estimate of drug-likeness (QED) is 0.710. The largest absolute Gasteiger partial charge is 0.366 e. The van der Waals surface area contributed by atoms with Gasteiger partial charge in [-0.3, -0.25) is 14.6 Å². The number of nitrogens with zero attached hydrogens (tertiary/aromatic N) is 1. The van der Waals surface area contributed by atoms with E-state index < -0.39 is 11.4 Å². The van der Waals surface area contributed by atoms with Crippen LogP contribution in [0.5, 0.6) is 0 Å². The summed E-state index contributed by atoms with van der Waals surface area (Å²) in [4.78, 5) is 27.0. The molecule has 0 bridgehead atoms. The maximum absolute atomic E-state index is 12.1. The minimum absolute atomic E-state index is 0.235. The van der Waals surface area contributed by atoms with Crippen LogP contribution < -0.4 is 16.8 Å². The van der Waals surface area contributed by atoms with Gasteiger partial charge in [-0.2, -0.15) is 0 Å². The molecule has 1 aromatic heterocycles. The first-order chi connectivity index (χ1) is 9.27. The Morgan fingerprint density at radius 2 is 2.05 bits per heavy atom. The zero-order valence-electron chi connectivity index (χ0n) is 12.1. The monoisotopic (exact) mass is 278 g/mol. The van der Waals surface area contributed by atoms with Crippen molar-refractivity contribution in [3.05, 3.63) is 29.6 Å². The van der Waals surface area contributed by atoms with Crippen LogP contribution in [0.2, 0.25) is 0 Å².